The van der Waals surface area contributed by atoms with Crippen molar-refractivity contribution in [3.05, 3.63) is 35.9 Å². The minimum absolute atomic E-state index is 0. The summed E-state index contributed by atoms with van der Waals surface area (Å²) < 4.78 is 0. The normalized spacial score (nSPS) is 24.5. The lowest BCUT2D eigenvalue weighted by molar-refractivity contribution is 0.203. The number of hydrogen-bond acceptors (Lipinski definition) is 2. The average molecular weight is 456 g/mol. The van der Waals surface area contributed by atoms with Crippen LogP contribution in [0.3, 0.4) is 0 Å². The molecule has 1 aromatic rings. The van der Waals surface area contributed by atoms with Gasteiger partial charge in [0.25, 0.3) is 0 Å². The maximum atomic E-state index is 4.44. The molecular formula is C20H33IN4. The van der Waals surface area contributed by atoms with E-state index in [0.29, 0.717) is 18.0 Å². The molecule has 2 unspecified atom stereocenters. The summed E-state index contributed by atoms with van der Waals surface area (Å²) in [6, 6.07) is 11.9. The van der Waals surface area contributed by atoms with Gasteiger partial charge in [0, 0.05) is 38.1 Å². The van der Waals surface area contributed by atoms with Crippen molar-refractivity contribution in [2.75, 3.05) is 26.7 Å². The van der Waals surface area contributed by atoms with E-state index in [9.17, 15) is 0 Å². The summed E-state index contributed by atoms with van der Waals surface area (Å²) in [6.07, 6.45) is 6.26. The second-order valence-electron chi connectivity index (χ2n) is 7.19. The van der Waals surface area contributed by atoms with Crippen molar-refractivity contribution < 1.29 is 0 Å². The lowest BCUT2D eigenvalue weighted by atomic mass is 10.0. The maximum absolute atomic E-state index is 4.44. The van der Waals surface area contributed by atoms with Crippen LogP contribution in [0.2, 0.25) is 0 Å². The Morgan fingerprint density at radius 1 is 1.16 bits per heavy atom. The highest BCUT2D eigenvalue weighted by Crippen LogP contribution is 2.40. The molecular weight excluding hydrogens is 423 g/mol. The molecule has 0 spiro atoms. The van der Waals surface area contributed by atoms with Crippen molar-refractivity contribution in [1.82, 2.24) is 15.5 Å². The van der Waals surface area contributed by atoms with E-state index in [1.807, 2.05) is 7.05 Å². The molecule has 0 amide bonds. The van der Waals surface area contributed by atoms with Crippen LogP contribution >= 0.6 is 24.0 Å². The van der Waals surface area contributed by atoms with Crippen molar-refractivity contribution in [3.8, 4) is 0 Å². The predicted molar refractivity (Wildman–Crippen MR) is 117 cm³/mol. The van der Waals surface area contributed by atoms with Gasteiger partial charge in [0.15, 0.2) is 5.96 Å². The third kappa shape index (κ3) is 6.13. The zero-order chi connectivity index (χ0) is 16.8. The number of nitrogens with one attached hydrogen (secondary N) is 2. The Morgan fingerprint density at radius 2 is 1.88 bits per heavy atom. The van der Waals surface area contributed by atoms with Crippen molar-refractivity contribution in [1.29, 1.82) is 0 Å². The molecule has 1 saturated carbocycles. The van der Waals surface area contributed by atoms with Crippen LogP contribution in [0.25, 0.3) is 0 Å². The highest BCUT2D eigenvalue weighted by atomic mass is 127. The van der Waals surface area contributed by atoms with E-state index in [0.717, 1.165) is 5.96 Å². The van der Waals surface area contributed by atoms with E-state index >= 15 is 0 Å². The summed E-state index contributed by atoms with van der Waals surface area (Å²) in [5.41, 5.74) is 1.44. The minimum atomic E-state index is 0. The number of likely N-dealkylation sites (tertiary alicyclic amines) is 1. The van der Waals surface area contributed by atoms with E-state index in [4.69, 9.17) is 0 Å². The van der Waals surface area contributed by atoms with Crippen LogP contribution in [-0.2, 0) is 0 Å². The van der Waals surface area contributed by atoms with Gasteiger partial charge >= 0.3 is 0 Å². The second kappa shape index (κ2) is 10.4. The standard InChI is InChI=1S/C20H32N4.HI/c1-3-4-12-24-13-10-17(11-14-24)22-20(21-2)23-19-15-18(19)16-8-6-5-7-9-16;/h5-9,17-19H,3-4,10-15H2,1-2H3,(H2,21,22,23);1H. The molecule has 3 rings (SSSR count). The van der Waals surface area contributed by atoms with Crippen LogP contribution in [-0.4, -0.2) is 49.6 Å². The molecule has 25 heavy (non-hydrogen) atoms. The van der Waals surface area contributed by atoms with Gasteiger partial charge in [0.2, 0.25) is 0 Å². The van der Waals surface area contributed by atoms with Crippen LogP contribution < -0.4 is 10.6 Å². The summed E-state index contributed by atoms with van der Waals surface area (Å²) in [7, 11) is 1.88. The first kappa shape index (κ1) is 20.5. The number of nitrogens with zero attached hydrogens (tertiary/aromatic N) is 2. The van der Waals surface area contributed by atoms with E-state index in [1.54, 1.807) is 0 Å². The summed E-state index contributed by atoms with van der Waals surface area (Å²) in [6.45, 7) is 5.96. The lowest BCUT2D eigenvalue weighted by Crippen LogP contribution is -2.49. The summed E-state index contributed by atoms with van der Waals surface area (Å²) in [5.74, 6) is 1.62. The molecule has 1 saturated heterocycles. The number of hydrogen-bond donors (Lipinski definition) is 2. The summed E-state index contributed by atoms with van der Waals surface area (Å²) in [5, 5.41) is 7.25. The summed E-state index contributed by atoms with van der Waals surface area (Å²) in [4.78, 5) is 7.04. The SMILES string of the molecule is CCCCN1CCC(NC(=NC)NC2CC2c2ccccc2)CC1.I. The monoisotopic (exact) mass is 456 g/mol. The van der Waals surface area contributed by atoms with Crippen LogP contribution in [0, 0.1) is 0 Å². The molecule has 2 fully saturated rings. The fourth-order valence-electron chi connectivity index (χ4n) is 3.65. The van der Waals surface area contributed by atoms with Crippen molar-refractivity contribution in [2.24, 2.45) is 4.99 Å². The second-order valence-corrected chi connectivity index (χ2v) is 7.19. The Kier molecular flexibility index (Phi) is 8.49. The van der Waals surface area contributed by atoms with Crippen LogP contribution in [0.15, 0.2) is 35.3 Å². The smallest absolute Gasteiger partial charge is 0.191 e. The fraction of sp³-hybridized carbons (Fsp3) is 0.650. The number of rotatable bonds is 6. The van der Waals surface area contributed by atoms with Gasteiger partial charge in [-0.1, -0.05) is 43.7 Å². The van der Waals surface area contributed by atoms with Crippen molar-refractivity contribution in [3.63, 3.8) is 0 Å². The number of piperidine rings is 1. The van der Waals surface area contributed by atoms with E-state index < -0.39 is 0 Å². The van der Waals surface area contributed by atoms with Gasteiger partial charge in [0.1, 0.15) is 0 Å². The predicted octanol–water partition coefficient (Wildman–Crippen LogP) is 3.59. The van der Waals surface area contributed by atoms with Crippen molar-refractivity contribution >= 4 is 29.9 Å². The molecule has 0 bridgehead atoms. The Labute approximate surface area is 169 Å². The van der Waals surface area contributed by atoms with Gasteiger partial charge in [-0.2, -0.15) is 0 Å². The Balaban J connectivity index is 0.00000225. The van der Waals surface area contributed by atoms with Gasteiger partial charge in [-0.05, 0) is 37.8 Å². The third-order valence-electron chi connectivity index (χ3n) is 5.32. The molecule has 2 atom stereocenters. The molecule has 2 N–H and O–H groups in total. The number of unbranched alkanes of at least 4 members (excludes halogenated alkanes) is 1. The average Bonchev–Trinajstić information content (AvgIpc) is 3.40. The van der Waals surface area contributed by atoms with E-state index in [-0.39, 0.29) is 24.0 Å². The highest BCUT2D eigenvalue weighted by molar-refractivity contribution is 14.0. The Morgan fingerprint density at radius 3 is 2.52 bits per heavy atom. The van der Waals surface area contributed by atoms with E-state index in [1.165, 1.54) is 57.3 Å². The van der Waals surface area contributed by atoms with Gasteiger partial charge in [-0.15, -0.1) is 24.0 Å². The van der Waals surface area contributed by atoms with Gasteiger partial charge in [0.05, 0.1) is 0 Å². The molecule has 5 heteroatoms. The Bertz CT molecular complexity index is 526. The maximum Gasteiger partial charge on any atom is 0.191 e. The molecule has 140 valence electrons. The highest BCUT2D eigenvalue weighted by Gasteiger charge is 2.39. The molecule has 1 aliphatic carbocycles. The van der Waals surface area contributed by atoms with Gasteiger partial charge in [-0.3, -0.25) is 4.99 Å². The van der Waals surface area contributed by atoms with Gasteiger partial charge in [-0.25, -0.2) is 0 Å². The minimum Gasteiger partial charge on any atom is -0.354 e. The molecule has 2 aliphatic rings. The first-order chi connectivity index (χ1) is 11.8. The van der Waals surface area contributed by atoms with Crippen molar-refractivity contribution in [2.45, 2.75) is 57.0 Å². The molecule has 0 radical (unpaired) electrons. The number of guanidine groups is 1. The summed E-state index contributed by atoms with van der Waals surface area (Å²) >= 11 is 0. The first-order valence-electron chi connectivity index (χ1n) is 9.57. The molecule has 1 aromatic carbocycles. The molecule has 4 nitrogen and oxygen atoms in total. The molecule has 1 heterocycles. The van der Waals surface area contributed by atoms with Crippen LogP contribution in [0.1, 0.15) is 50.5 Å². The zero-order valence-corrected chi connectivity index (χ0v) is 17.9. The quantitative estimate of drug-likeness (QED) is 0.391. The van der Waals surface area contributed by atoms with Crippen LogP contribution in [0.4, 0.5) is 0 Å². The zero-order valence-electron chi connectivity index (χ0n) is 15.6. The van der Waals surface area contributed by atoms with Crippen LogP contribution in [0.5, 0.6) is 0 Å². The molecule has 0 aromatic heterocycles. The van der Waals surface area contributed by atoms with Gasteiger partial charge < -0.3 is 15.5 Å². The fourth-order valence-corrected chi connectivity index (χ4v) is 3.65. The Hall–Kier alpha value is -0.820. The van der Waals surface area contributed by atoms with E-state index in [2.05, 4.69) is 57.8 Å². The number of benzene rings is 1. The number of aliphatic imine (C=N–C) groups is 1. The largest absolute Gasteiger partial charge is 0.354 e. The first-order valence-corrected chi connectivity index (χ1v) is 9.57. The number of halogens is 1. The topological polar surface area (TPSA) is 39.7 Å². The molecule has 1 aliphatic heterocycles. The lowest BCUT2D eigenvalue weighted by Gasteiger charge is -2.33. The third-order valence-corrected chi connectivity index (χ3v) is 5.32.